The van der Waals surface area contributed by atoms with Crippen molar-refractivity contribution in [3.8, 4) is 0 Å². The second-order valence-electron chi connectivity index (χ2n) is 7.00. The predicted octanol–water partition coefficient (Wildman–Crippen LogP) is 0.625. The van der Waals surface area contributed by atoms with E-state index in [2.05, 4.69) is 0 Å². The van der Waals surface area contributed by atoms with Gasteiger partial charge in [0.1, 0.15) is 12.1 Å². The molecule has 0 aliphatic carbocycles. The molecule has 8 N–H and O–H groups in total. The van der Waals surface area contributed by atoms with Gasteiger partial charge in [0.05, 0.1) is 0 Å². The molecule has 0 aromatic heterocycles. The van der Waals surface area contributed by atoms with Gasteiger partial charge in [-0.05, 0) is 24.8 Å². The number of hydrogen-bond donors (Lipinski definition) is 6. The first-order chi connectivity index (χ1) is 11.7. The minimum Gasteiger partial charge on any atom is -0.481 e. The summed E-state index contributed by atoms with van der Waals surface area (Å²) in [6.07, 6.45) is 0.819. The highest BCUT2D eigenvalue weighted by atomic mass is 28.3. The minimum atomic E-state index is -1.75. The van der Waals surface area contributed by atoms with Crippen LogP contribution in [0.3, 0.4) is 0 Å². The molecule has 0 aliphatic rings. The maximum atomic E-state index is 10.8. The molecule has 26 heavy (non-hydrogen) atoms. The van der Waals surface area contributed by atoms with Gasteiger partial charge in [0.2, 0.25) is 0 Å². The van der Waals surface area contributed by atoms with Gasteiger partial charge < -0.3 is 31.9 Å². The number of rotatable bonds is 11. The van der Waals surface area contributed by atoms with Crippen molar-refractivity contribution in [2.24, 2.45) is 11.5 Å². The zero-order valence-electron chi connectivity index (χ0n) is 15.3. The average Bonchev–Trinajstić information content (AvgIpc) is 2.45. The van der Waals surface area contributed by atoms with Crippen LogP contribution in [0.5, 0.6) is 0 Å². The molecule has 10 nitrogen and oxygen atoms in total. The Bertz CT molecular complexity index is 493. The molecule has 0 radical (unpaired) electrons. The Hall–Kier alpha value is -1.98. The van der Waals surface area contributed by atoms with E-state index in [1.165, 1.54) is 0 Å². The van der Waals surface area contributed by atoms with E-state index < -0.39 is 44.0 Å². The molecule has 0 amide bonds. The summed E-state index contributed by atoms with van der Waals surface area (Å²) in [5, 5.41) is 33.9. The zero-order valence-corrected chi connectivity index (χ0v) is 16.3. The van der Waals surface area contributed by atoms with Crippen molar-refractivity contribution < 1.29 is 39.6 Å². The van der Waals surface area contributed by atoms with Crippen LogP contribution in [0.2, 0.25) is 25.2 Å². The highest BCUT2D eigenvalue weighted by Crippen LogP contribution is 2.29. The Morgan fingerprint density at radius 3 is 1.58 bits per heavy atom. The Morgan fingerprint density at radius 2 is 1.27 bits per heavy atom. The predicted molar refractivity (Wildman–Crippen MR) is 96.7 cm³/mol. The summed E-state index contributed by atoms with van der Waals surface area (Å²) < 4.78 is 0. The zero-order chi connectivity index (χ0) is 21.1. The Labute approximate surface area is 153 Å². The third kappa shape index (κ3) is 13.3. The summed E-state index contributed by atoms with van der Waals surface area (Å²) in [5.74, 6) is -3.97. The van der Waals surface area contributed by atoms with Gasteiger partial charge in [-0.25, -0.2) is 0 Å². The minimum absolute atomic E-state index is 0.0179. The van der Waals surface area contributed by atoms with E-state index in [9.17, 15) is 19.2 Å². The molecular weight excluding hydrogens is 364 g/mol. The van der Waals surface area contributed by atoms with E-state index in [0.717, 1.165) is 0 Å². The third-order valence-electron chi connectivity index (χ3n) is 3.72. The molecule has 0 heterocycles. The molecule has 0 aliphatic heterocycles. The van der Waals surface area contributed by atoms with Gasteiger partial charge in [0.15, 0.2) is 0 Å². The van der Waals surface area contributed by atoms with Crippen LogP contribution in [0.4, 0.5) is 0 Å². The van der Waals surface area contributed by atoms with Crippen LogP contribution in [0.1, 0.15) is 32.1 Å². The van der Waals surface area contributed by atoms with Gasteiger partial charge in [0, 0.05) is 20.9 Å². The molecule has 0 saturated carbocycles. The molecule has 0 bridgehead atoms. The van der Waals surface area contributed by atoms with Gasteiger partial charge in [-0.1, -0.05) is 19.6 Å². The quantitative estimate of drug-likeness (QED) is 0.270. The smallest absolute Gasteiger partial charge is 0.320 e. The number of carboxylic acid groups (broad SMARTS) is 4. The SMILES string of the molecule is C[Si](C)(C)C(CCC(=O)O)C(N)C(=O)O.NC(CCCC(=O)O)C(=O)O. The fraction of sp³-hybridized carbons (Fsp3) is 0.733. The number of carbonyl (C=O) groups is 4. The van der Waals surface area contributed by atoms with Gasteiger partial charge in [-0.15, -0.1) is 0 Å². The standard InChI is InChI=1S/C9H19NO4Si.C6H11NO4/c1-15(2,3)6(4-5-7(11)12)8(10)9(13)14;7-4(6(10)11)2-1-3-5(8)9/h6,8H,4-5,10H2,1-3H3,(H,11,12)(H,13,14);4H,1-3,7H2,(H,8,9)(H,10,11). The Morgan fingerprint density at radius 1 is 0.808 bits per heavy atom. The van der Waals surface area contributed by atoms with Crippen molar-refractivity contribution in [1.29, 1.82) is 0 Å². The first kappa shape index (κ1) is 26.2. The van der Waals surface area contributed by atoms with E-state index in [1.807, 2.05) is 19.6 Å². The van der Waals surface area contributed by atoms with E-state index in [1.54, 1.807) is 0 Å². The highest BCUT2D eigenvalue weighted by molar-refractivity contribution is 6.78. The second-order valence-corrected chi connectivity index (χ2v) is 12.5. The average molecular weight is 394 g/mol. The van der Waals surface area contributed by atoms with E-state index in [-0.39, 0.29) is 24.8 Å². The van der Waals surface area contributed by atoms with E-state index in [4.69, 9.17) is 31.9 Å². The molecule has 0 saturated heterocycles. The molecule has 152 valence electrons. The van der Waals surface area contributed by atoms with Crippen molar-refractivity contribution in [3.63, 3.8) is 0 Å². The molecule has 3 atom stereocenters. The Balaban J connectivity index is 0. The third-order valence-corrected chi connectivity index (χ3v) is 6.60. The molecule has 0 aromatic rings. The molecule has 0 rings (SSSR count). The van der Waals surface area contributed by atoms with E-state index >= 15 is 0 Å². The lowest BCUT2D eigenvalue weighted by atomic mass is 10.1. The lowest BCUT2D eigenvalue weighted by Gasteiger charge is -2.31. The largest absolute Gasteiger partial charge is 0.481 e. The Kier molecular flexibility index (Phi) is 12.5. The van der Waals surface area contributed by atoms with Crippen LogP contribution >= 0.6 is 0 Å². The van der Waals surface area contributed by atoms with Crippen molar-refractivity contribution in [2.45, 2.75) is 69.4 Å². The molecule has 3 unspecified atom stereocenters. The maximum Gasteiger partial charge on any atom is 0.320 e. The van der Waals surface area contributed by atoms with Gasteiger partial charge in [-0.3, -0.25) is 19.2 Å². The van der Waals surface area contributed by atoms with Crippen molar-refractivity contribution in [2.75, 3.05) is 0 Å². The van der Waals surface area contributed by atoms with Crippen molar-refractivity contribution >= 4 is 32.0 Å². The molecule has 11 heteroatoms. The van der Waals surface area contributed by atoms with Gasteiger partial charge in [0.25, 0.3) is 0 Å². The normalized spacial score (nSPS) is 14.3. The number of aliphatic carboxylic acids is 4. The fourth-order valence-corrected chi connectivity index (χ4v) is 4.43. The van der Waals surface area contributed by atoms with Gasteiger partial charge in [-0.2, -0.15) is 0 Å². The monoisotopic (exact) mass is 394 g/mol. The molecule has 0 aromatic carbocycles. The molecule has 0 spiro atoms. The fourth-order valence-electron chi connectivity index (χ4n) is 2.20. The first-order valence-corrected chi connectivity index (χ1v) is 11.7. The van der Waals surface area contributed by atoms with E-state index in [0.29, 0.717) is 12.8 Å². The van der Waals surface area contributed by atoms with Crippen molar-refractivity contribution in [1.82, 2.24) is 0 Å². The second kappa shape index (κ2) is 12.4. The van der Waals surface area contributed by atoms with Crippen molar-refractivity contribution in [3.05, 3.63) is 0 Å². The van der Waals surface area contributed by atoms with Crippen LogP contribution in [0, 0.1) is 0 Å². The highest BCUT2D eigenvalue weighted by Gasteiger charge is 2.35. The summed E-state index contributed by atoms with van der Waals surface area (Å²) in [4.78, 5) is 41.3. The van der Waals surface area contributed by atoms with Crippen LogP contribution in [-0.4, -0.2) is 64.5 Å². The van der Waals surface area contributed by atoms with Gasteiger partial charge >= 0.3 is 23.9 Å². The number of carboxylic acids is 4. The topological polar surface area (TPSA) is 201 Å². The summed E-state index contributed by atoms with van der Waals surface area (Å²) in [6.45, 7) is 6.01. The molecule has 0 fully saturated rings. The summed E-state index contributed by atoms with van der Waals surface area (Å²) in [7, 11) is -1.75. The van der Waals surface area contributed by atoms with Crippen LogP contribution < -0.4 is 11.5 Å². The molecular formula is C15H30N2O8Si. The number of nitrogens with two attached hydrogens (primary N) is 2. The summed E-state index contributed by atoms with van der Waals surface area (Å²) in [6, 6.07) is -1.88. The van der Waals surface area contributed by atoms with Crippen LogP contribution in [-0.2, 0) is 19.2 Å². The maximum absolute atomic E-state index is 10.8. The summed E-state index contributed by atoms with van der Waals surface area (Å²) in [5.41, 5.74) is 10.5. The first-order valence-electron chi connectivity index (χ1n) is 8.10. The summed E-state index contributed by atoms with van der Waals surface area (Å²) >= 11 is 0. The lowest BCUT2D eigenvalue weighted by Crippen LogP contribution is -2.45. The van der Waals surface area contributed by atoms with Crippen LogP contribution in [0.25, 0.3) is 0 Å². The van der Waals surface area contributed by atoms with Crippen LogP contribution in [0.15, 0.2) is 0 Å². The lowest BCUT2D eigenvalue weighted by molar-refractivity contribution is -0.140. The number of hydrogen-bond acceptors (Lipinski definition) is 6.